The molecule has 0 aliphatic heterocycles. The fourth-order valence-electron chi connectivity index (χ4n) is 1.06. The first-order chi connectivity index (χ1) is 7.24. The van der Waals surface area contributed by atoms with E-state index in [9.17, 15) is 0 Å². The molecule has 1 N–H and O–H groups in total. The molecule has 2 aromatic heterocycles. The molecule has 0 aliphatic carbocycles. The number of hydrogen-bond donors (Lipinski definition) is 1. The van der Waals surface area contributed by atoms with E-state index in [1.54, 1.807) is 13.1 Å². The summed E-state index contributed by atoms with van der Waals surface area (Å²) in [7, 11) is 0. The first-order valence-corrected chi connectivity index (χ1v) is 5.18. The van der Waals surface area contributed by atoms with Crippen LogP contribution in [0.5, 0.6) is 0 Å². The molecular formula is C9H9BrN4O. The molecule has 6 heteroatoms. The lowest BCUT2D eigenvalue weighted by molar-refractivity contribution is 0.379. The monoisotopic (exact) mass is 268 g/mol. The number of hydrogen-bond acceptors (Lipinski definition) is 5. The van der Waals surface area contributed by atoms with Crippen LogP contribution in [0.3, 0.4) is 0 Å². The van der Waals surface area contributed by atoms with Crippen molar-refractivity contribution in [2.24, 2.45) is 0 Å². The third kappa shape index (κ3) is 2.76. The summed E-state index contributed by atoms with van der Waals surface area (Å²) < 4.78 is 5.90. The van der Waals surface area contributed by atoms with Crippen LogP contribution in [0, 0.1) is 6.92 Å². The predicted octanol–water partition coefficient (Wildman–Crippen LogP) is 2.15. The van der Waals surface area contributed by atoms with E-state index in [1.165, 1.54) is 0 Å². The number of nitrogens with zero attached hydrogens (tertiary/aromatic N) is 3. The van der Waals surface area contributed by atoms with Crippen molar-refractivity contribution in [2.75, 3.05) is 5.32 Å². The molecule has 78 valence electrons. The van der Waals surface area contributed by atoms with Crippen molar-refractivity contribution in [3.63, 3.8) is 0 Å². The minimum absolute atomic E-state index is 0.482. The van der Waals surface area contributed by atoms with Gasteiger partial charge in [0.05, 0.1) is 6.54 Å². The molecule has 0 spiro atoms. The second-order valence-electron chi connectivity index (χ2n) is 2.95. The van der Waals surface area contributed by atoms with Gasteiger partial charge >= 0.3 is 0 Å². The third-order valence-electron chi connectivity index (χ3n) is 1.72. The summed E-state index contributed by atoms with van der Waals surface area (Å²) in [6.07, 6.45) is 1.72. The lowest BCUT2D eigenvalue weighted by Gasteiger charge is -2.01. The molecular weight excluding hydrogens is 260 g/mol. The molecule has 2 heterocycles. The molecule has 2 aromatic rings. The van der Waals surface area contributed by atoms with E-state index in [4.69, 9.17) is 4.52 Å². The quantitative estimate of drug-likeness (QED) is 0.924. The van der Waals surface area contributed by atoms with Gasteiger partial charge in [-0.25, -0.2) is 4.98 Å². The highest BCUT2D eigenvalue weighted by Gasteiger charge is 2.02. The third-order valence-corrected chi connectivity index (χ3v) is 2.19. The van der Waals surface area contributed by atoms with Gasteiger partial charge in [-0.3, -0.25) is 0 Å². The van der Waals surface area contributed by atoms with Crippen LogP contribution < -0.4 is 5.32 Å². The van der Waals surface area contributed by atoms with Crippen LogP contribution in [0.2, 0.25) is 0 Å². The van der Waals surface area contributed by atoms with Crippen molar-refractivity contribution in [3.8, 4) is 0 Å². The van der Waals surface area contributed by atoms with Gasteiger partial charge in [-0.1, -0.05) is 5.16 Å². The Balaban J connectivity index is 1.96. The average Bonchev–Trinajstić information content (AvgIpc) is 2.64. The first-order valence-electron chi connectivity index (χ1n) is 4.38. The Morgan fingerprint density at radius 3 is 2.93 bits per heavy atom. The molecule has 0 unspecified atom stereocenters. The van der Waals surface area contributed by atoms with E-state index >= 15 is 0 Å². The topological polar surface area (TPSA) is 63.8 Å². The number of rotatable bonds is 3. The van der Waals surface area contributed by atoms with Gasteiger partial charge < -0.3 is 9.84 Å². The molecule has 0 amide bonds. The zero-order valence-electron chi connectivity index (χ0n) is 8.07. The molecule has 2 rings (SSSR count). The van der Waals surface area contributed by atoms with Crippen LogP contribution in [0.15, 0.2) is 27.3 Å². The second-order valence-corrected chi connectivity index (χ2v) is 3.87. The van der Waals surface area contributed by atoms with E-state index in [2.05, 4.69) is 36.4 Å². The number of pyridine rings is 1. The molecule has 0 radical (unpaired) electrons. The average molecular weight is 269 g/mol. The van der Waals surface area contributed by atoms with Crippen molar-refractivity contribution in [2.45, 2.75) is 13.5 Å². The van der Waals surface area contributed by atoms with Crippen molar-refractivity contribution >= 4 is 21.7 Å². The van der Waals surface area contributed by atoms with Crippen LogP contribution in [-0.2, 0) is 6.54 Å². The van der Waals surface area contributed by atoms with Gasteiger partial charge in [0.2, 0.25) is 5.89 Å². The Kier molecular flexibility index (Phi) is 2.96. The lowest BCUT2D eigenvalue weighted by atomic mass is 10.4. The molecule has 0 atom stereocenters. The van der Waals surface area contributed by atoms with E-state index in [-0.39, 0.29) is 0 Å². The number of aromatic nitrogens is 3. The highest BCUT2D eigenvalue weighted by Crippen LogP contribution is 2.11. The largest absolute Gasteiger partial charge is 0.361 e. The Bertz CT molecular complexity index is 440. The number of aryl methyl sites for hydroxylation is 1. The van der Waals surface area contributed by atoms with Crippen LogP contribution in [0.25, 0.3) is 0 Å². The maximum Gasteiger partial charge on any atom is 0.245 e. The maximum absolute atomic E-state index is 4.95. The summed E-state index contributed by atoms with van der Waals surface area (Å²) in [4.78, 5) is 8.22. The van der Waals surface area contributed by atoms with Gasteiger partial charge in [0.25, 0.3) is 0 Å². The van der Waals surface area contributed by atoms with Crippen LogP contribution in [-0.4, -0.2) is 15.1 Å². The summed E-state index contributed by atoms with van der Waals surface area (Å²) in [6.45, 7) is 2.26. The lowest BCUT2D eigenvalue weighted by Crippen LogP contribution is -2.01. The van der Waals surface area contributed by atoms with Crippen LogP contribution >= 0.6 is 15.9 Å². The van der Waals surface area contributed by atoms with Gasteiger partial charge in [-0.15, -0.1) is 0 Å². The minimum Gasteiger partial charge on any atom is -0.361 e. The normalized spacial score (nSPS) is 10.3. The fourth-order valence-corrected chi connectivity index (χ4v) is 1.29. The highest BCUT2D eigenvalue weighted by molar-refractivity contribution is 9.10. The molecule has 15 heavy (non-hydrogen) atoms. The Morgan fingerprint density at radius 2 is 2.33 bits per heavy atom. The highest BCUT2D eigenvalue weighted by atomic mass is 79.9. The van der Waals surface area contributed by atoms with Gasteiger partial charge in [-0.2, -0.15) is 4.98 Å². The van der Waals surface area contributed by atoms with Crippen LogP contribution in [0.4, 0.5) is 5.82 Å². The SMILES string of the molecule is Cc1noc(CNc2ccc(Br)cn2)n1. The molecule has 0 aliphatic rings. The summed E-state index contributed by atoms with van der Waals surface area (Å²) in [5.74, 6) is 1.96. The number of anilines is 1. The number of nitrogens with one attached hydrogen (secondary N) is 1. The standard InChI is InChI=1S/C9H9BrN4O/c1-6-13-9(15-14-6)5-12-8-3-2-7(10)4-11-8/h2-4H,5H2,1H3,(H,11,12). The van der Waals surface area contributed by atoms with Gasteiger partial charge in [0.1, 0.15) is 5.82 Å². The smallest absolute Gasteiger partial charge is 0.245 e. The van der Waals surface area contributed by atoms with Gasteiger partial charge in [0, 0.05) is 10.7 Å². The molecule has 0 bridgehead atoms. The molecule has 0 fully saturated rings. The molecule has 5 nitrogen and oxygen atoms in total. The van der Waals surface area contributed by atoms with E-state index in [0.29, 0.717) is 18.3 Å². The van der Waals surface area contributed by atoms with Crippen molar-refractivity contribution in [1.82, 2.24) is 15.1 Å². The Morgan fingerprint density at radius 1 is 1.47 bits per heavy atom. The van der Waals surface area contributed by atoms with Crippen molar-refractivity contribution in [1.29, 1.82) is 0 Å². The van der Waals surface area contributed by atoms with Gasteiger partial charge in [0.15, 0.2) is 5.82 Å². The van der Waals surface area contributed by atoms with Crippen molar-refractivity contribution < 1.29 is 4.52 Å². The minimum atomic E-state index is 0.482. The fraction of sp³-hybridized carbons (Fsp3) is 0.222. The molecule has 0 aromatic carbocycles. The predicted molar refractivity (Wildman–Crippen MR) is 58.3 cm³/mol. The summed E-state index contributed by atoms with van der Waals surface area (Å²) in [6, 6.07) is 3.78. The van der Waals surface area contributed by atoms with Crippen molar-refractivity contribution in [3.05, 3.63) is 34.5 Å². The molecule has 0 saturated carbocycles. The Hall–Kier alpha value is -1.43. The summed E-state index contributed by atoms with van der Waals surface area (Å²) in [5, 5.41) is 6.76. The van der Waals surface area contributed by atoms with Gasteiger partial charge in [-0.05, 0) is 35.0 Å². The Labute approximate surface area is 95.0 Å². The first kappa shape index (κ1) is 10.1. The number of halogens is 1. The van der Waals surface area contributed by atoms with E-state index in [0.717, 1.165) is 10.3 Å². The summed E-state index contributed by atoms with van der Waals surface area (Å²) in [5.41, 5.74) is 0. The van der Waals surface area contributed by atoms with E-state index in [1.807, 2.05) is 12.1 Å². The summed E-state index contributed by atoms with van der Waals surface area (Å²) >= 11 is 3.31. The zero-order chi connectivity index (χ0) is 10.7. The maximum atomic E-state index is 4.95. The van der Waals surface area contributed by atoms with E-state index < -0.39 is 0 Å². The zero-order valence-corrected chi connectivity index (χ0v) is 9.65. The van der Waals surface area contributed by atoms with Crippen LogP contribution in [0.1, 0.15) is 11.7 Å². The second kappa shape index (κ2) is 4.39. The molecule has 0 saturated heterocycles.